The first kappa shape index (κ1) is 21.2. The predicted octanol–water partition coefficient (Wildman–Crippen LogP) is 5.21. The zero-order chi connectivity index (χ0) is 23.3. The van der Waals surface area contributed by atoms with Gasteiger partial charge in [-0.25, -0.2) is 5.43 Å². The van der Waals surface area contributed by atoms with Crippen LogP contribution >= 0.6 is 0 Å². The van der Waals surface area contributed by atoms with Crippen LogP contribution in [0, 0.1) is 6.92 Å². The summed E-state index contributed by atoms with van der Waals surface area (Å²) >= 11 is 0. The molecule has 3 N–H and O–H groups in total. The molecular weight excluding hydrogens is 426 g/mol. The summed E-state index contributed by atoms with van der Waals surface area (Å²) in [5, 5.41) is 12.1. The average Bonchev–Trinajstić information content (AvgIpc) is 3.52. The quantitative estimate of drug-likeness (QED) is 0.235. The van der Waals surface area contributed by atoms with Gasteiger partial charge in [-0.3, -0.25) is 9.89 Å². The second-order valence-electron chi connectivity index (χ2n) is 7.95. The molecule has 0 saturated heterocycles. The Morgan fingerprint density at radius 3 is 2.68 bits per heavy atom. The van der Waals surface area contributed by atoms with E-state index in [2.05, 4.69) is 56.9 Å². The molecule has 2 heterocycles. The predicted molar refractivity (Wildman–Crippen MR) is 133 cm³/mol. The van der Waals surface area contributed by atoms with Crippen LogP contribution in [-0.4, -0.2) is 27.3 Å². The Morgan fingerprint density at radius 1 is 1.06 bits per heavy atom. The fourth-order valence-electron chi connectivity index (χ4n) is 3.58. The molecule has 0 saturated carbocycles. The molecule has 34 heavy (non-hydrogen) atoms. The molecule has 0 unspecified atom stereocenters. The third kappa shape index (κ3) is 4.73. The molecule has 0 radical (unpaired) electrons. The van der Waals surface area contributed by atoms with E-state index in [1.54, 1.807) is 12.3 Å². The van der Waals surface area contributed by atoms with Crippen LogP contribution in [0.15, 0.2) is 90.2 Å². The summed E-state index contributed by atoms with van der Waals surface area (Å²) in [6, 6.07) is 25.5. The minimum Gasteiger partial charge on any atom is -0.489 e. The number of carbonyl (C=O) groups is 1. The van der Waals surface area contributed by atoms with E-state index in [-0.39, 0.29) is 5.91 Å². The number of H-pyrrole nitrogens is 2. The number of ether oxygens (including phenoxy) is 1. The van der Waals surface area contributed by atoms with Crippen molar-refractivity contribution in [2.24, 2.45) is 5.10 Å². The van der Waals surface area contributed by atoms with Gasteiger partial charge in [0.15, 0.2) is 0 Å². The molecule has 0 aliphatic carbocycles. The minimum atomic E-state index is -0.368. The standard InChI is InChI=1S/C27H23N5O2/c1-18-6-8-19(9-7-18)17-34-22-12-10-20(11-13-22)25-14-26(31-30-25)27(33)32-29-16-21-15-28-24-5-3-2-4-23(21)24/h2-16,28H,17H2,1H3,(H,30,31)(H,32,33)/b29-16+. The van der Waals surface area contributed by atoms with Gasteiger partial charge in [-0.2, -0.15) is 10.2 Å². The molecule has 5 rings (SSSR count). The lowest BCUT2D eigenvalue weighted by Gasteiger charge is -2.07. The normalized spacial score (nSPS) is 11.2. The number of hydrogen-bond acceptors (Lipinski definition) is 4. The molecular formula is C27H23N5O2. The lowest BCUT2D eigenvalue weighted by atomic mass is 10.1. The number of para-hydroxylation sites is 1. The summed E-state index contributed by atoms with van der Waals surface area (Å²) in [6.45, 7) is 2.57. The van der Waals surface area contributed by atoms with Gasteiger partial charge in [0, 0.05) is 28.2 Å². The molecule has 0 bridgehead atoms. The number of nitrogens with zero attached hydrogens (tertiary/aromatic N) is 2. The highest BCUT2D eigenvalue weighted by Gasteiger charge is 2.11. The summed E-state index contributed by atoms with van der Waals surface area (Å²) < 4.78 is 5.86. The SMILES string of the molecule is Cc1ccc(COc2ccc(-c3cc(C(=O)N/N=C/c4c[nH]c5ccccc45)[nH]n3)cc2)cc1. The largest absolute Gasteiger partial charge is 0.489 e. The molecule has 2 aromatic heterocycles. The second kappa shape index (κ2) is 9.46. The van der Waals surface area contributed by atoms with E-state index in [4.69, 9.17) is 4.74 Å². The van der Waals surface area contributed by atoms with Crippen LogP contribution in [0.5, 0.6) is 5.75 Å². The summed E-state index contributed by atoms with van der Waals surface area (Å²) in [4.78, 5) is 15.6. The zero-order valence-corrected chi connectivity index (χ0v) is 18.6. The van der Waals surface area contributed by atoms with Crippen LogP contribution in [0.25, 0.3) is 22.2 Å². The van der Waals surface area contributed by atoms with Crippen LogP contribution in [0.4, 0.5) is 0 Å². The minimum absolute atomic E-state index is 0.325. The van der Waals surface area contributed by atoms with E-state index in [0.29, 0.717) is 18.0 Å². The maximum Gasteiger partial charge on any atom is 0.289 e. The first-order valence-electron chi connectivity index (χ1n) is 10.9. The Hall–Kier alpha value is -4.65. The molecule has 0 aliphatic rings. The number of aromatic nitrogens is 3. The lowest BCUT2D eigenvalue weighted by Crippen LogP contribution is -2.17. The Kier molecular flexibility index (Phi) is 5.90. The molecule has 168 valence electrons. The monoisotopic (exact) mass is 449 g/mol. The van der Waals surface area contributed by atoms with E-state index in [1.807, 2.05) is 54.7 Å². The van der Waals surface area contributed by atoms with E-state index >= 15 is 0 Å². The van der Waals surface area contributed by atoms with E-state index in [1.165, 1.54) is 5.56 Å². The van der Waals surface area contributed by atoms with Crippen LogP contribution in [0.3, 0.4) is 0 Å². The van der Waals surface area contributed by atoms with Crippen LogP contribution in [-0.2, 0) is 6.61 Å². The number of hydrogen-bond donors (Lipinski definition) is 3. The third-order valence-corrected chi connectivity index (χ3v) is 5.49. The first-order valence-corrected chi connectivity index (χ1v) is 10.9. The van der Waals surface area contributed by atoms with Gasteiger partial charge in [0.05, 0.1) is 11.9 Å². The van der Waals surface area contributed by atoms with Crippen molar-refractivity contribution < 1.29 is 9.53 Å². The number of aromatic amines is 2. The average molecular weight is 450 g/mol. The number of fused-ring (bicyclic) bond motifs is 1. The van der Waals surface area contributed by atoms with Crippen LogP contribution in [0.1, 0.15) is 27.2 Å². The second-order valence-corrected chi connectivity index (χ2v) is 7.95. The maximum absolute atomic E-state index is 12.5. The van der Waals surface area contributed by atoms with Crippen LogP contribution < -0.4 is 10.2 Å². The number of benzene rings is 3. The highest BCUT2D eigenvalue weighted by Crippen LogP contribution is 2.22. The Morgan fingerprint density at radius 2 is 1.85 bits per heavy atom. The molecule has 5 aromatic rings. The van der Waals surface area contributed by atoms with Crippen molar-refractivity contribution in [1.29, 1.82) is 0 Å². The van der Waals surface area contributed by atoms with E-state index in [0.717, 1.165) is 33.3 Å². The number of carbonyl (C=O) groups excluding carboxylic acids is 1. The summed E-state index contributed by atoms with van der Waals surface area (Å²) in [7, 11) is 0. The van der Waals surface area contributed by atoms with Crippen molar-refractivity contribution in [3.63, 3.8) is 0 Å². The number of nitrogens with one attached hydrogen (secondary N) is 3. The molecule has 7 nitrogen and oxygen atoms in total. The van der Waals surface area contributed by atoms with E-state index in [9.17, 15) is 4.79 Å². The summed E-state index contributed by atoms with van der Waals surface area (Å²) in [6.07, 6.45) is 3.46. The van der Waals surface area contributed by atoms with Crippen molar-refractivity contribution >= 4 is 23.0 Å². The highest BCUT2D eigenvalue weighted by atomic mass is 16.5. The maximum atomic E-state index is 12.5. The molecule has 0 spiro atoms. The highest BCUT2D eigenvalue weighted by molar-refractivity contribution is 6.00. The van der Waals surface area contributed by atoms with Crippen molar-refractivity contribution in [2.75, 3.05) is 0 Å². The van der Waals surface area contributed by atoms with Crippen LogP contribution in [0.2, 0.25) is 0 Å². The van der Waals surface area contributed by atoms with Gasteiger partial charge in [-0.1, -0.05) is 48.0 Å². The first-order chi connectivity index (χ1) is 16.7. The topological polar surface area (TPSA) is 95.2 Å². The smallest absolute Gasteiger partial charge is 0.289 e. The van der Waals surface area contributed by atoms with Gasteiger partial charge in [0.25, 0.3) is 5.91 Å². The van der Waals surface area contributed by atoms with Crippen molar-refractivity contribution in [3.05, 3.63) is 107 Å². The van der Waals surface area contributed by atoms with Crippen molar-refractivity contribution in [3.8, 4) is 17.0 Å². The third-order valence-electron chi connectivity index (χ3n) is 5.49. The fraction of sp³-hybridized carbons (Fsp3) is 0.0741. The Balaban J connectivity index is 1.19. The van der Waals surface area contributed by atoms with Gasteiger partial charge in [-0.05, 0) is 48.9 Å². The van der Waals surface area contributed by atoms with Gasteiger partial charge >= 0.3 is 0 Å². The number of aryl methyl sites for hydroxylation is 1. The molecule has 1 amide bonds. The van der Waals surface area contributed by atoms with Gasteiger partial charge in [-0.15, -0.1) is 0 Å². The summed E-state index contributed by atoms with van der Waals surface area (Å²) in [5.74, 6) is 0.400. The number of amides is 1. The Bertz CT molecular complexity index is 1450. The van der Waals surface area contributed by atoms with Gasteiger partial charge < -0.3 is 9.72 Å². The fourth-order valence-corrected chi connectivity index (χ4v) is 3.58. The molecule has 0 fully saturated rings. The molecule has 0 atom stereocenters. The zero-order valence-electron chi connectivity index (χ0n) is 18.6. The van der Waals surface area contributed by atoms with Crippen molar-refractivity contribution in [1.82, 2.24) is 20.6 Å². The number of hydrazone groups is 1. The molecule has 3 aromatic carbocycles. The van der Waals surface area contributed by atoms with Crippen molar-refractivity contribution in [2.45, 2.75) is 13.5 Å². The Labute approximate surface area is 196 Å². The summed E-state index contributed by atoms with van der Waals surface area (Å²) in [5.41, 5.74) is 8.65. The molecule has 0 aliphatic heterocycles. The number of rotatable bonds is 7. The van der Waals surface area contributed by atoms with Gasteiger partial charge in [0.2, 0.25) is 0 Å². The van der Waals surface area contributed by atoms with Gasteiger partial charge in [0.1, 0.15) is 18.1 Å². The molecule has 7 heteroatoms. The van der Waals surface area contributed by atoms with E-state index < -0.39 is 0 Å². The lowest BCUT2D eigenvalue weighted by molar-refractivity contribution is 0.0950.